The summed E-state index contributed by atoms with van der Waals surface area (Å²) < 4.78 is 33.3. The molecule has 0 N–H and O–H groups in total. The molecule has 2 aromatic carbocycles. The van der Waals surface area contributed by atoms with Crippen molar-refractivity contribution >= 4 is 42.9 Å². The molecule has 1 aliphatic heterocycles. The van der Waals surface area contributed by atoms with Crippen molar-refractivity contribution in [1.29, 1.82) is 0 Å². The molecule has 0 spiro atoms. The highest BCUT2D eigenvalue weighted by Gasteiger charge is 2.20. The number of rotatable bonds is 8. The van der Waals surface area contributed by atoms with Crippen molar-refractivity contribution in [2.45, 2.75) is 26.4 Å². The fraction of sp³-hybridized carbons (Fsp3) is 0.370. The van der Waals surface area contributed by atoms with Gasteiger partial charge in [0, 0.05) is 61.9 Å². The van der Waals surface area contributed by atoms with Gasteiger partial charge in [0.25, 0.3) is 0 Å². The molecule has 0 saturated carbocycles. The van der Waals surface area contributed by atoms with E-state index >= 15 is 0 Å². The molecule has 0 radical (unpaired) electrons. The van der Waals surface area contributed by atoms with Crippen molar-refractivity contribution in [3.63, 3.8) is 0 Å². The molecule has 1 fully saturated rings. The van der Waals surface area contributed by atoms with E-state index in [4.69, 9.17) is 4.74 Å². The summed E-state index contributed by atoms with van der Waals surface area (Å²) >= 11 is 0. The van der Waals surface area contributed by atoms with Crippen LogP contribution in [0.1, 0.15) is 22.5 Å². The molecule has 9 heteroatoms. The van der Waals surface area contributed by atoms with Crippen molar-refractivity contribution in [2.75, 3.05) is 44.2 Å². The van der Waals surface area contributed by atoms with E-state index in [1.165, 1.54) is 23.4 Å². The quantitative estimate of drug-likeness (QED) is 0.326. The second kappa shape index (κ2) is 15.2. The Morgan fingerprint density at radius 3 is 1.92 bits per heavy atom. The molecular formula is C27H34Cl3F2N3O. The predicted octanol–water partition coefficient (Wildman–Crippen LogP) is 6.23. The van der Waals surface area contributed by atoms with Gasteiger partial charge in [-0.25, -0.2) is 8.78 Å². The Morgan fingerprint density at radius 2 is 1.36 bits per heavy atom. The van der Waals surface area contributed by atoms with Gasteiger partial charge >= 0.3 is 0 Å². The Morgan fingerprint density at radius 1 is 0.833 bits per heavy atom. The predicted molar refractivity (Wildman–Crippen MR) is 150 cm³/mol. The number of piperazine rings is 1. The molecule has 1 unspecified atom stereocenters. The topological polar surface area (TPSA) is 28.6 Å². The number of aryl methyl sites for hydroxylation is 2. The van der Waals surface area contributed by atoms with Crippen LogP contribution in [-0.4, -0.2) is 55.4 Å². The van der Waals surface area contributed by atoms with Crippen LogP contribution >= 0.6 is 37.2 Å². The van der Waals surface area contributed by atoms with Gasteiger partial charge in [-0.05, 0) is 55.7 Å². The Hall–Kier alpha value is -2.12. The van der Waals surface area contributed by atoms with E-state index in [1.54, 1.807) is 0 Å². The zero-order chi connectivity index (χ0) is 23.2. The third-order valence-corrected chi connectivity index (χ3v) is 5.94. The van der Waals surface area contributed by atoms with Crippen LogP contribution in [0.4, 0.5) is 14.5 Å². The van der Waals surface area contributed by atoms with E-state index in [0.29, 0.717) is 12.3 Å². The molecule has 36 heavy (non-hydrogen) atoms. The second-order valence-electron chi connectivity index (χ2n) is 8.75. The largest absolute Gasteiger partial charge is 0.490 e. The molecule has 198 valence electrons. The fourth-order valence-electron chi connectivity index (χ4n) is 4.25. The minimum absolute atomic E-state index is 0. The summed E-state index contributed by atoms with van der Waals surface area (Å²) in [7, 11) is 0. The maximum absolute atomic E-state index is 14.5. The molecule has 1 aliphatic rings. The van der Waals surface area contributed by atoms with Crippen LogP contribution in [0.3, 0.4) is 0 Å². The number of ether oxygens (including phenoxy) is 1. The van der Waals surface area contributed by atoms with Crippen LogP contribution in [0.2, 0.25) is 0 Å². The summed E-state index contributed by atoms with van der Waals surface area (Å²) in [4.78, 5) is 8.82. The van der Waals surface area contributed by atoms with Gasteiger partial charge < -0.3 is 9.64 Å². The second-order valence-corrected chi connectivity index (χ2v) is 8.75. The van der Waals surface area contributed by atoms with Crippen LogP contribution in [0.15, 0.2) is 60.7 Å². The molecule has 3 aromatic rings. The first kappa shape index (κ1) is 31.9. The van der Waals surface area contributed by atoms with Crippen molar-refractivity contribution in [3.8, 4) is 5.75 Å². The highest BCUT2D eigenvalue weighted by atomic mass is 35.5. The SMILES string of the molecule is Cc1cc(OCC(F)CN2CCN(c3ccc(Cc4ccc(F)cc4)cc3)CC2)cc(C)n1.Cl.Cl.Cl. The van der Waals surface area contributed by atoms with Crippen LogP contribution in [0.25, 0.3) is 0 Å². The number of pyridine rings is 1. The third-order valence-electron chi connectivity index (χ3n) is 5.94. The van der Waals surface area contributed by atoms with E-state index in [-0.39, 0.29) is 49.6 Å². The van der Waals surface area contributed by atoms with E-state index in [2.05, 4.69) is 39.0 Å². The van der Waals surface area contributed by atoms with Crippen molar-refractivity contribution in [3.05, 3.63) is 89.0 Å². The zero-order valence-electron chi connectivity index (χ0n) is 20.5. The fourth-order valence-corrected chi connectivity index (χ4v) is 4.25. The first-order valence-electron chi connectivity index (χ1n) is 11.5. The summed E-state index contributed by atoms with van der Waals surface area (Å²) in [5.41, 5.74) is 5.22. The molecule has 2 heterocycles. The van der Waals surface area contributed by atoms with Crippen molar-refractivity contribution in [2.24, 2.45) is 0 Å². The minimum Gasteiger partial charge on any atom is -0.490 e. The highest BCUT2D eigenvalue weighted by molar-refractivity contribution is 5.86. The maximum atomic E-state index is 14.5. The lowest BCUT2D eigenvalue weighted by atomic mass is 10.0. The summed E-state index contributed by atoms with van der Waals surface area (Å²) in [6.45, 7) is 7.64. The smallest absolute Gasteiger partial charge is 0.147 e. The van der Waals surface area contributed by atoms with E-state index in [0.717, 1.165) is 49.6 Å². The van der Waals surface area contributed by atoms with Gasteiger partial charge in [-0.3, -0.25) is 9.88 Å². The van der Waals surface area contributed by atoms with E-state index < -0.39 is 6.17 Å². The molecule has 1 atom stereocenters. The van der Waals surface area contributed by atoms with Crippen molar-refractivity contribution < 1.29 is 13.5 Å². The number of hydrogen-bond acceptors (Lipinski definition) is 4. The van der Waals surface area contributed by atoms with E-state index in [9.17, 15) is 8.78 Å². The minimum atomic E-state index is -1.03. The van der Waals surface area contributed by atoms with Crippen LogP contribution in [0.5, 0.6) is 5.75 Å². The Labute approximate surface area is 231 Å². The van der Waals surface area contributed by atoms with Crippen LogP contribution in [-0.2, 0) is 6.42 Å². The summed E-state index contributed by atoms with van der Waals surface area (Å²) in [5.74, 6) is 0.467. The van der Waals surface area contributed by atoms with Gasteiger partial charge in [-0.2, -0.15) is 0 Å². The average molecular weight is 561 g/mol. The lowest BCUT2D eigenvalue weighted by Crippen LogP contribution is -2.48. The van der Waals surface area contributed by atoms with Crippen LogP contribution < -0.4 is 9.64 Å². The van der Waals surface area contributed by atoms with Gasteiger partial charge in [0.15, 0.2) is 0 Å². The number of alkyl halides is 1. The molecule has 1 saturated heterocycles. The third kappa shape index (κ3) is 9.40. The summed E-state index contributed by atoms with van der Waals surface area (Å²) in [6.07, 6.45) is -0.247. The monoisotopic (exact) mass is 559 g/mol. The number of anilines is 1. The number of hydrogen-bond donors (Lipinski definition) is 0. The summed E-state index contributed by atoms with van der Waals surface area (Å²) in [6, 6.07) is 18.8. The lowest BCUT2D eigenvalue weighted by molar-refractivity contribution is 0.133. The van der Waals surface area contributed by atoms with Gasteiger partial charge in [0.05, 0.1) is 0 Å². The van der Waals surface area contributed by atoms with Gasteiger partial charge in [0.2, 0.25) is 0 Å². The number of benzene rings is 2. The molecule has 4 rings (SSSR count). The zero-order valence-corrected chi connectivity index (χ0v) is 23.0. The Balaban J connectivity index is 0.00000216. The first-order valence-corrected chi connectivity index (χ1v) is 11.5. The van der Waals surface area contributed by atoms with Gasteiger partial charge in [0.1, 0.15) is 24.3 Å². The Kier molecular flexibility index (Phi) is 13.5. The molecule has 0 aliphatic carbocycles. The van der Waals surface area contributed by atoms with Gasteiger partial charge in [-0.15, -0.1) is 37.2 Å². The summed E-state index contributed by atoms with van der Waals surface area (Å²) in [5, 5.41) is 0. The number of halogens is 5. The normalized spacial score (nSPS) is 14.2. The van der Waals surface area contributed by atoms with Gasteiger partial charge in [-0.1, -0.05) is 24.3 Å². The molecule has 0 amide bonds. The molecule has 1 aromatic heterocycles. The molecular weight excluding hydrogens is 527 g/mol. The lowest BCUT2D eigenvalue weighted by Gasteiger charge is -2.36. The number of nitrogens with zero attached hydrogens (tertiary/aromatic N) is 3. The molecule has 4 nitrogen and oxygen atoms in total. The molecule has 0 bridgehead atoms. The van der Waals surface area contributed by atoms with Crippen LogP contribution in [0, 0.1) is 19.7 Å². The maximum Gasteiger partial charge on any atom is 0.147 e. The standard InChI is InChI=1S/C27H31F2N3O.3ClH/c1-20-15-27(16-21(2)30-20)33-19-25(29)18-31-11-13-32(14-12-31)26-9-5-23(6-10-26)17-22-3-7-24(28)8-4-22;;;/h3-10,15-16,25H,11-14,17-19H2,1-2H3;3*1H. The van der Waals surface area contributed by atoms with E-state index in [1.807, 2.05) is 38.1 Å². The first-order chi connectivity index (χ1) is 15.9. The van der Waals surface area contributed by atoms with Crippen molar-refractivity contribution in [1.82, 2.24) is 9.88 Å². The Bertz CT molecular complexity index is 1030. The highest BCUT2D eigenvalue weighted by Crippen LogP contribution is 2.20. The average Bonchev–Trinajstić information content (AvgIpc) is 2.80. The number of aromatic nitrogens is 1.